The van der Waals surface area contributed by atoms with E-state index in [1.165, 1.54) is 206 Å². The molecule has 0 fully saturated rings. The summed E-state index contributed by atoms with van der Waals surface area (Å²) in [5.74, 6) is 0. The molecule has 0 radical (unpaired) electrons. The number of benzene rings is 16. The molecular weight excluding hydrogens is 1420 g/mol. The number of rotatable bonds is 4. The van der Waals surface area contributed by atoms with Crippen LogP contribution in [0.4, 0.5) is 0 Å². The van der Waals surface area contributed by atoms with Crippen molar-refractivity contribution in [1.29, 1.82) is 0 Å². The number of nitrogens with zero attached hydrogens (tertiary/aromatic N) is 1. The maximum absolute atomic E-state index is 2.39. The highest BCUT2D eigenvalue weighted by atomic mass is 15.0. The third-order valence-corrected chi connectivity index (χ3v) is 26.3. The Balaban J connectivity index is 0.000000104. The average molecular weight is 1530 g/mol. The predicted octanol–water partition coefficient (Wildman–Crippen LogP) is 31.6. The molecule has 0 N–H and O–H groups in total. The Bertz CT molecular complexity index is 6650. The molecule has 0 atom stereocenters. The number of aromatic nitrogens is 1. The van der Waals surface area contributed by atoms with Gasteiger partial charge >= 0.3 is 0 Å². The topological polar surface area (TPSA) is 4.93 Å². The summed E-state index contributed by atoms with van der Waals surface area (Å²) in [6.07, 6.45) is 0. The Kier molecular flexibility index (Phi) is 20.3. The van der Waals surface area contributed by atoms with Gasteiger partial charge in [-0.15, -0.1) is 0 Å². The minimum absolute atomic E-state index is 0.0709. The summed E-state index contributed by atoms with van der Waals surface area (Å²) in [6.45, 7) is 36.3. The third kappa shape index (κ3) is 13.8. The summed E-state index contributed by atoms with van der Waals surface area (Å²) in [7, 11) is 0. The largest absolute Gasteiger partial charge is 0.309 e. The molecule has 0 bridgehead atoms. The molecule has 0 amide bonds. The second-order valence-electron chi connectivity index (χ2n) is 35.9. The normalized spacial score (nSPS) is 14.3. The number of hydrogen-bond acceptors (Lipinski definition) is 0. The lowest BCUT2D eigenvalue weighted by Crippen LogP contribution is -2.16. The van der Waals surface area contributed by atoms with Crippen molar-refractivity contribution < 1.29 is 0 Å². The fourth-order valence-corrected chi connectivity index (χ4v) is 20.1. The van der Waals surface area contributed by atoms with Crippen molar-refractivity contribution in [3.63, 3.8) is 0 Å². The van der Waals surface area contributed by atoms with Gasteiger partial charge in [0.2, 0.25) is 0 Å². The maximum Gasteiger partial charge on any atom is 0.0547 e. The van der Waals surface area contributed by atoms with Crippen LogP contribution >= 0.6 is 0 Å². The minimum atomic E-state index is 0.0709. The molecule has 0 unspecified atom stereocenters. The molecule has 17 aromatic rings. The van der Waals surface area contributed by atoms with E-state index in [2.05, 4.69) is 473 Å². The Labute approximate surface area is 701 Å². The summed E-state index contributed by atoms with van der Waals surface area (Å²) in [5, 5.41) is 2.58. The molecular formula is C117H107N. The Morgan fingerprint density at radius 2 is 0.559 bits per heavy atom. The lowest BCUT2D eigenvalue weighted by atomic mass is 9.80. The molecule has 1 nitrogen and oxygen atoms in total. The molecule has 5 aliphatic carbocycles. The molecule has 0 saturated heterocycles. The zero-order chi connectivity index (χ0) is 82.2. The summed E-state index contributed by atoms with van der Waals surface area (Å²) >= 11 is 0. The SMILES string of the molecule is Cc1ccc(-c2cccc3c2c2cc(-c4ccccc4)ccc2n3-c2ccccc2)cc1.Cc1ccc2c(c1)-c1ccccc1C2(C)C.Cc1ccc2c(c1)C(C)(C)c1cc(-c3ccccc3)ccc1-2.Cc1ccc2c(c1)C(C)(C)c1ccccc1-2.Cc1cccc2c1-c1ccccc1C2(C)C.Cc1cccc2c1C(C)(C)c1ccccc1-2. The molecule has 1 heteroatoms. The van der Waals surface area contributed by atoms with E-state index in [4.69, 9.17) is 0 Å². The predicted molar refractivity (Wildman–Crippen MR) is 506 cm³/mol. The van der Waals surface area contributed by atoms with Gasteiger partial charge in [0.25, 0.3) is 0 Å². The molecule has 0 spiro atoms. The molecule has 1 aromatic heterocycles. The highest BCUT2D eigenvalue weighted by molar-refractivity contribution is 6.16. The first kappa shape index (κ1) is 77.9. The Morgan fingerprint density at radius 3 is 1.15 bits per heavy atom. The second kappa shape index (κ2) is 30.7. The van der Waals surface area contributed by atoms with Gasteiger partial charge in [-0.05, 0) is 234 Å². The molecule has 16 aromatic carbocycles. The number of aryl methyl sites for hydroxylation is 6. The highest BCUT2D eigenvalue weighted by Gasteiger charge is 2.40. The fraction of sp³-hybridized carbons (Fsp3) is 0.179. The van der Waals surface area contributed by atoms with Crippen molar-refractivity contribution in [3.05, 3.63) is 447 Å². The standard InChI is InChI=1S/C31H23N.C22H20.4C16H16/c1-22-15-17-24(18-16-22)27-13-8-14-30-31(27)28-21-25(23-9-4-2-5-10-23)19-20-29(28)32(30)26-11-6-3-7-12-26;1-15-9-11-18-19-12-10-17(16-7-5-4-6-8-16)14-21(19)22(2,3)20(18)13-15;1-11-7-6-9-13-12-8-4-5-10-14(12)16(2,3)15(11)13;1-11-7-6-10-14-15(11)12-8-4-5-9-13(12)16(14,2)3;1-11-8-9-15-13(10-11)12-6-4-5-7-14(12)16(15,2)3;1-11-8-9-13-12-6-4-5-7-14(12)16(2,3)15(13)10-11/h2-21H,1H3;4-14H,1-3H3;4*4-10H,1-3H3. The van der Waals surface area contributed by atoms with Crippen molar-refractivity contribution in [2.24, 2.45) is 0 Å². The van der Waals surface area contributed by atoms with Crippen LogP contribution in [-0.2, 0) is 27.1 Å². The Hall–Kier alpha value is -12.7. The van der Waals surface area contributed by atoms with E-state index in [1.54, 1.807) is 0 Å². The van der Waals surface area contributed by atoms with Crippen molar-refractivity contribution in [2.75, 3.05) is 0 Å². The van der Waals surface area contributed by atoms with Crippen LogP contribution in [0, 0.1) is 41.5 Å². The maximum atomic E-state index is 2.39. The summed E-state index contributed by atoms with van der Waals surface area (Å²) in [4.78, 5) is 0. The second-order valence-corrected chi connectivity index (χ2v) is 35.9. The first-order chi connectivity index (χ1) is 56.8. The molecule has 22 rings (SSSR count). The molecule has 1 heterocycles. The van der Waals surface area contributed by atoms with Crippen molar-refractivity contribution >= 4 is 21.8 Å². The summed E-state index contributed by atoms with van der Waals surface area (Å²) in [5.41, 5.74) is 48.7. The minimum Gasteiger partial charge on any atom is -0.309 e. The van der Waals surface area contributed by atoms with E-state index in [0.29, 0.717) is 0 Å². The first-order valence-corrected chi connectivity index (χ1v) is 42.2. The van der Waals surface area contributed by atoms with Gasteiger partial charge in [0.05, 0.1) is 11.0 Å². The van der Waals surface area contributed by atoms with Gasteiger partial charge in [-0.3, -0.25) is 0 Å². The smallest absolute Gasteiger partial charge is 0.0547 e. The zero-order valence-corrected chi connectivity index (χ0v) is 71.5. The number of fused-ring (bicyclic) bond motifs is 18. The van der Waals surface area contributed by atoms with Crippen LogP contribution in [0.2, 0.25) is 0 Å². The van der Waals surface area contributed by atoms with Gasteiger partial charge in [0.1, 0.15) is 0 Å². The molecule has 5 aliphatic rings. The van der Waals surface area contributed by atoms with Crippen molar-refractivity contribution in [3.8, 4) is 94.7 Å². The zero-order valence-electron chi connectivity index (χ0n) is 71.5. The van der Waals surface area contributed by atoms with Crippen molar-refractivity contribution in [2.45, 2.75) is 138 Å². The number of hydrogen-bond donors (Lipinski definition) is 0. The lowest BCUT2D eigenvalue weighted by Gasteiger charge is -2.23. The van der Waals surface area contributed by atoms with Gasteiger partial charge in [0, 0.05) is 43.5 Å². The quantitative estimate of drug-likeness (QED) is 0.166. The van der Waals surface area contributed by atoms with Crippen LogP contribution in [0.3, 0.4) is 0 Å². The van der Waals surface area contributed by atoms with E-state index in [0.717, 1.165) is 0 Å². The van der Waals surface area contributed by atoms with E-state index >= 15 is 0 Å². The van der Waals surface area contributed by atoms with E-state index in [1.807, 2.05) is 0 Å². The summed E-state index contributed by atoms with van der Waals surface area (Å²) in [6, 6.07) is 130. The van der Waals surface area contributed by atoms with E-state index in [-0.39, 0.29) is 27.1 Å². The van der Waals surface area contributed by atoms with Crippen LogP contribution in [0.15, 0.2) is 358 Å². The van der Waals surface area contributed by atoms with Crippen LogP contribution in [0.5, 0.6) is 0 Å². The molecule has 0 saturated carbocycles. The van der Waals surface area contributed by atoms with Crippen LogP contribution in [0.1, 0.15) is 158 Å². The Morgan fingerprint density at radius 1 is 0.195 bits per heavy atom. The van der Waals surface area contributed by atoms with Gasteiger partial charge < -0.3 is 4.57 Å². The van der Waals surface area contributed by atoms with Gasteiger partial charge in [0.15, 0.2) is 0 Å². The van der Waals surface area contributed by atoms with Crippen LogP contribution < -0.4 is 0 Å². The molecule has 0 aliphatic heterocycles. The van der Waals surface area contributed by atoms with Gasteiger partial charge in [-0.25, -0.2) is 0 Å². The third-order valence-electron chi connectivity index (χ3n) is 26.3. The van der Waals surface area contributed by atoms with E-state index < -0.39 is 0 Å². The van der Waals surface area contributed by atoms with Gasteiger partial charge in [-0.1, -0.05) is 413 Å². The fourth-order valence-electron chi connectivity index (χ4n) is 20.1. The van der Waals surface area contributed by atoms with Gasteiger partial charge in [-0.2, -0.15) is 0 Å². The average Bonchev–Trinajstić information content (AvgIpc) is 1.61. The number of para-hydroxylation sites is 1. The van der Waals surface area contributed by atoms with Crippen LogP contribution in [-0.4, -0.2) is 4.57 Å². The molecule has 118 heavy (non-hydrogen) atoms. The summed E-state index contributed by atoms with van der Waals surface area (Å²) < 4.78 is 2.39. The van der Waals surface area contributed by atoms with E-state index in [9.17, 15) is 0 Å². The van der Waals surface area contributed by atoms with Crippen molar-refractivity contribution in [1.82, 2.24) is 4.57 Å². The monoisotopic (exact) mass is 1530 g/mol. The molecule has 580 valence electrons. The highest BCUT2D eigenvalue weighted by Crippen LogP contribution is 2.55. The van der Waals surface area contributed by atoms with Crippen LogP contribution in [0.25, 0.3) is 117 Å². The lowest BCUT2D eigenvalue weighted by molar-refractivity contribution is 0.655. The first-order valence-electron chi connectivity index (χ1n) is 42.2.